The van der Waals surface area contributed by atoms with Gasteiger partial charge >= 0.3 is 5.97 Å². The van der Waals surface area contributed by atoms with Gasteiger partial charge in [-0.2, -0.15) is 0 Å². The molecule has 7 heteroatoms. The minimum atomic E-state index is -1.08. The molecule has 2 heterocycles. The van der Waals surface area contributed by atoms with E-state index in [9.17, 15) is 14.7 Å². The Morgan fingerprint density at radius 2 is 2.24 bits per heavy atom. The number of nitrogens with zero attached hydrogens (tertiary/aromatic N) is 1. The van der Waals surface area contributed by atoms with E-state index in [1.165, 1.54) is 0 Å². The molecule has 1 saturated carbocycles. The van der Waals surface area contributed by atoms with Gasteiger partial charge in [-0.25, -0.2) is 0 Å². The Bertz CT molecular complexity index is 596. The molecule has 2 atom stereocenters. The molecular formula is C14H17BrN2O4. The number of aromatic nitrogens is 1. The minimum absolute atomic E-state index is 0.112. The molecule has 6 nitrogen and oxygen atoms in total. The quantitative estimate of drug-likeness (QED) is 0.861. The Morgan fingerprint density at radius 1 is 1.52 bits per heavy atom. The summed E-state index contributed by atoms with van der Waals surface area (Å²) in [6, 6.07) is 1.62. The van der Waals surface area contributed by atoms with Crippen molar-refractivity contribution in [1.29, 1.82) is 0 Å². The highest BCUT2D eigenvalue weighted by atomic mass is 79.9. The van der Waals surface area contributed by atoms with Crippen LogP contribution in [-0.4, -0.2) is 40.8 Å². The van der Waals surface area contributed by atoms with Gasteiger partial charge in [-0.05, 0) is 41.8 Å². The summed E-state index contributed by atoms with van der Waals surface area (Å²) in [7, 11) is 0. The maximum Gasteiger partial charge on any atom is 0.313 e. The number of rotatable bonds is 4. The van der Waals surface area contributed by atoms with E-state index in [0.717, 1.165) is 17.3 Å². The summed E-state index contributed by atoms with van der Waals surface area (Å²) in [6.45, 7) is 1.93. The van der Waals surface area contributed by atoms with Gasteiger partial charge in [0.15, 0.2) is 0 Å². The topological polar surface area (TPSA) is 80.6 Å². The van der Waals surface area contributed by atoms with E-state index in [4.69, 9.17) is 4.74 Å². The zero-order chi connectivity index (χ0) is 15.2. The van der Waals surface area contributed by atoms with Gasteiger partial charge < -0.3 is 19.7 Å². The van der Waals surface area contributed by atoms with Crippen LogP contribution in [0.3, 0.4) is 0 Å². The van der Waals surface area contributed by atoms with Crippen LogP contribution in [0.15, 0.2) is 16.7 Å². The number of carboxylic acids is 1. The number of nitrogens with one attached hydrogen (secondary N) is 1. The van der Waals surface area contributed by atoms with Crippen LogP contribution in [0.4, 0.5) is 0 Å². The molecule has 2 unspecified atom stereocenters. The summed E-state index contributed by atoms with van der Waals surface area (Å²) < 4.78 is 8.06. The van der Waals surface area contributed by atoms with Crippen LogP contribution < -0.4 is 5.32 Å². The summed E-state index contributed by atoms with van der Waals surface area (Å²) in [5.41, 5.74) is -0.520. The molecule has 0 radical (unpaired) electrons. The van der Waals surface area contributed by atoms with Crippen LogP contribution in [0.1, 0.15) is 36.3 Å². The fraction of sp³-hybridized carbons (Fsp3) is 0.571. The van der Waals surface area contributed by atoms with E-state index < -0.39 is 17.4 Å². The van der Waals surface area contributed by atoms with Gasteiger partial charge in [0.25, 0.3) is 5.91 Å². The molecular weight excluding hydrogens is 340 g/mol. The number of carbonyl (C=O) groups excluding carboxylic acids is 1. The van der Waals surface area contributed by atoms with Gasteiger partial charge in [-0.15, -0.1) is 0 Å². The van der Waals surface area contributed by atoms with Gasteiger partial charge in [0.2, 0.25) is 0 Å². The Balaban J connectivity index is 1.79. The molecule has 1 amide bonds. The Hall–Kier alpha value is -1.34. The Morgan fingerprint density at radius 3 is 2.86 bits per heavy atom. The van der Waals surface area contributed by atoms with Crippen molar-refractivity contribution in [1.82, 2.24) is 9.88 Å². The third-order valence-electron chi connectivity index (χ3n) is 4.24. The average molecular weight is 357 g/mol. The molecule has 1 aromatic heterocycles. The lowest BCUT2D eigenvalue weighted by atomic mass is 9.85. The number of ether oxygens (including phenoxy) is 1. The second kappa shape index (κ2) is 5.14. The number of carboxylic acid groups (broad SMARTS) is 1. The molecule has 2 N–H and O–H groups in total. The summed E-state index contributed by atoms with van der Waals surface area (Å²) in [5.74, 6) is -1.21. The predicted octanol–water partition coefficient (Wildman–Crippen LogP) is 1.80. The molecule has 0 aromatic carbocycles. The van der Waals surface area contributed by atoms with Crippen LogP contribution in [-0.2, 0) is 9.53 Å². The molecule has 2 aliphatic rings. The number of hydrogen-bond acceptors (Lipinski definition) is 3. The smallest absolute Gasteiger partial charge is 0.313 e. The van der Waals surface area contributed by atoms with Crippen molar-refractivity contribution in [2.24, 2.45) is 5.41 Å². The zero-order valence-electron chi connectivity index (χ0n) is 11.6. The molecule has 1 saturated heterocycles. The summed E-state index contributed by atoms with van der Waals surface area (Å²) in [6.07, 6.45) is 4.04. The molecule has 0 bridgehead atoms. The first kappa shape index (κ1) is 14.6. The summed E-state index contributed by atoms with van der Waals surface area (Å²) >= 11 is 3.39. The lowest BCUT2D eigenvalue weighted by Crippen LogP contribution is -2.50. The van der Waals surface area contributed by atoms with Crippen molar-refractivity contribution in [3.8, 4) is 0 Å². The van der Waals surface area contributed by atoms with Gasteiger partial charge in [0.05, 0.1) is 19.3 Å². The van der Waals surface area contributed by atoms with Crippen LogP contribution >= 0.6 is 15.9 Å². The third-order valence-corrected chi connectivity index (χ3v) is 4.67. The number of carbonyl (C=O) groups is 2. The van der Waals surface area contributed by atoms with Gasteiger partial charge in [-0.1, -0.05) is 0 Å². The van der Waals surface area contributed by atoms with E-state index in [1.807, 2.05) is 10.8 Å². The van der Waals surface area contributed by atoms with Crippen molar-refractivity contribution in [3.63, 3.8) is 0 Å². The van der Waals surface area contributed by atoms with Crippen molar-refractivity contribution < 1.29 is 19.4 Å². The van der Waals surface area contributed by atoms with E-state index >= 15 is 0 Å². The first-order valence-corrected chi connectivity index (χ1v) is 7.70. The highest BCUT2D eigenvalue weighted by Crippen LogP contribution is 2.37. The van der Waals surface area contributed by atoms with E-state index in [1.54, 1.807) is 13.0 Å². The Kier molecular flexibility index (Phi) is 3.57. The summed E-state index contributed by atoms with van der Waals surface area (Å²) in [4.78, 5) is 23.9. The monoisotopic (exact) mass is 356 g/mol. The van der Waals surface area contributed by atoms with Crippen molar-refractivity contribution in [3.05, 3.63) is 22.4 Å². The van der Waals surface area contributed by atoms with Crippen LogP contribution in [0.25, 0.3) is 0 Å². The lowest BCUT2D eigenvalue weighted by molar-refractivity contribution is -0.148. The SMILES string of the molecule is CC1(C(=O)O)COCC1NC(=O)c1cc(Br)cn1C1CC1. The standard InChI is InChI=1S/C14H17BrN2O4/c1-14(13(19)20)7-21-6-11(14)16-12(18)10-4-8(15)5-17(10)9-2-3-9/h4-5,9,11H,2-3,6-7H2,1H3,(H,16,18)(H,19,20). The highest BCUT2D eigenvalue weighted by molar-refractivity contribution is 9.10. The molecule has 1 aromatic rings. The predicted molar refractivity (Wildman–Crippen MR) is 78.2 cm³/mol. The van der Waals surface area contributed by atoms with E-state index in [2.05, 4.69) is 21.2 Å². The largest absolute Gasteiger partial charge is 0.481 e. The molecule has 21 heavy (non-hydrogen) atoms. The van der Waals surface area contributed by atoms with Crippen LogP contribution in [0.5, 0.6) is 0 Å². The minimum Gasteiger partial charge on any atom is -0.481 e. The molecule has 3 rings (SSSR count). The second-order valence-electron chi connectivity index (χ2n) is 5.95. The average Bonchev–Trinajstić information content (AvgIpc) is 3.10. The van der Waals surface area contributed by atoms with E-state index in [0.29, 0.717) is 11.7 Å². The van der Waals surface area contributed by atoms with E-state index in [-0.39, 0.29) is 19.1 Å². The maximum absolute atomic E-state index is 12.5. The molecule has 2 fully saturated rings. The van der Waals surface area contributed by atoms with Gasteiger partial charge in [-0.3, -0.25) is 9.59 Å². The summed E-state index contributed by atoms with van der Waals surface area (Å²) in [5, 5.41) is 12.2. The normalized spacial score (nSPS) is 28.6. The van der Waals surface area contributed by atoms with Crippen molar-refractivity contribution in [2.75, 3.05) is 13.2 Å². The van der Waals surface area contributed by atoms with Crippen LogP contribution in [0, 0.1) is 5.41 Å². The fourth-order valence-electron chi connectivity index (χ4n) is 2.60. The third kappa shape index (κ3) is 2.60. The first-order chi connectivity index (χ1) is 9.91. The van der Waals surface area contributed by atoms with Gasteiger partial charge in [0, 0.05) is 16.7 Å². The number of halogens is 1. The number of aliphatic carboxylic acids is 1. The lowest BCUT2D eigenvalue weighted by Gasteiger charge is -2.25. The van der Waals surface area contributed by atoms with Crippen LogP contribution in [0.2, 0.25) is 0 Å². The molecule has 0 spiro atoms. The zero-order valence-corrected chi connectivity index (χ0v) is 13.2. The first-order valence-electron chi connectivity index (χ1n) is 6.91. The molecule has 1 aliphatic heterocycles. The molecule has 1 aliphatic carbocycles. The molecule has 114 valence electrons. The second-order valence-corrected chi connectivity index (χ2v) is 6.86. The fourth-order valence-corrected chi connectivity index (χ4v) is 3.04. The maximum atomic E-state index is 12.5. The number of hydrogen-bond donors (Lipinski definition) is 2. The van der Waals surface area contributed by atoms with Crippen molar-refractivity contribution >= 4 is 27.8 Å². The van der Waals surface area contributed by atoms with Crippen molar-refractivity contribution in [2.45, 2.75) is 31.8 Å². The highest BCUT2D eigenvalue weighted by Gasteiger charge is 2.47. The Labute approximate surface area is 130 Å². The van der Waals surface area contributed by atoms with Gasteiger partial charge in [0.1, 0.15) is 11.1 Å². The number of amides is 1.